The van der Waals surface area contributed by atoms with E-state index >= 15 is 0 Å². The summed E-state index contributed by atoms with van der Waals surface area (Å²) in [6, 6.07) is 8.93. The Bertz CT molecular complexity index is 736. The van der Waals surface area contributed by atoms with Crippen LogP contribution in [0.1, 0.15) is 0 Å². The zero-order valence-corrected chi connectivity index (χ0v) is 14.9. The molecule has 0 saturated heterocycles. The average Bonchev–Trinajstić information content (AvgIpc) is 2.60. The summed E-state index contributed by atoms with van der Waals surface area (Å²) in [6.07, 6.45) is -13.7. The van der Waals surface area contributed by atoms with Gasteiger partial charge in [0.15, 0.2) is 0 Å². The summed E-state index contributed by atoms with van der Waals surface area (Å²) < 4.78 is 144. The highest BCUT2D eigenvalue weighted by Gasteiger charge is 2.94. The summed E-state index contributed by atoms with van der Waals surface area (Å²) in [7, 11) is -7.92. The van der Waals surface area contributed by atoms with E-state index in [-0.39, 0.29) is 0 Å². The van der Waals surface area contributed by atoms with Crippen LogP contribution in [-0.2, 0) is 0 Å². The van der Waals surface area contributed by atoms with Gasteiger partial charge in [-0.3, -0.25) is 0 Å². The lowest BCUT2D eigenvalue weighted by Crippen LogP contribution is -2.81. The van der Waals surface area contributed by atoms with Gasteiger partial charge >= 0.3 is 32.0 Å². The molecule has 2 aromatic rings. The van der Waals surface area contributed by atoms with Crippen LogP contribution < -0.4 is 8.85 Å². The van der Waals surface area contributed by atoms with Crippen LogP contribution in [0.2, 0.25) is 0 Å². The highest BCUT2D eigenvalue weighted by molar-refractivity contribution is 6.74. The number of para-hydroxylation sites is 2. The van der Waals surface area contributed by atoms with E-state index in [4.69, 9.17) is 0 Å². The molecular weight excluding hydrogens is 442 g/mol. The van der Waals surface area contributed by atoms with Crippen molar-refractivity contribution in [3.63, 3.8) is 0 Å². The molecule has 0 aliphatic heterocycles. The van der Waals surface area contributed by atoms with E-state index in [9.17, 15) is 43.9 Å². The Morgan fingerprint density at radius 1 is 0.483 bits per heavy atom. The first-order valence-corrected chi connectivity index (χ1v) is 9.34. The molecule has 0 saturated carbocycles. The van der Waals surface area contributed by atoms with Crippen LogP contribution in [0.3, 0.4) is 0 Å². The van der Waals surface area contributed by atoms with Gasteiger partial charge in [0, 0.05) is 0 Å². The fraction of sp³-hybridized carbons (Fsp3) is 0.250. The Hall–Kier alpha value is -2.44. The first kappa shape index (κ1) is 22.8. The topological polar surface area (TPSA) is 18.5 Å². The average molecular weight is 452 g/mol. The summed E-state index contributed by atoms with van der Waals surface area (Å²) in [4.78, 5) is 0. The first-order valence-electron chi connectivity index (χ1n) is 7.53. The van der Waals surface area contributed by atoms with Crippen LogP contribution in [0, 0.1) is 0 Å². The molecule has 0 N–H and O–H groups in total. The SMILES string of the molecule is FC(F)(F)C(F)(F)[Si](Oc1ccccc1)(Oc1ccccc1)C(F)(F)C(F)(F)F. The van der Waals surface area contributed by atoms with Crippen LogP contribution in [-0.4, -0.2) is 32.0 Å². The molecule has 13 heteroatoms. The summed E-state index contributed by atoms with van der Waals surface area (Å²) in [5.41, 5.74) is -13.4. The molecule has 0 aliphatic carbocycles. The lowest BCUT2D eigenvalue weighted by atomic mass is 10.3. The highest BCUT2D eigenvalue weighted by atomic mass is 28.4. The molecule has 2 nitrogen and oxygen atoms in total. The van der Waals surface area contributed by atoms with Gasteiger partial charge in [-0.2, -0.15) is 43.9 Å². The van der Waals surface area contributed by atoms with Crippen molar-refractivity contribution in [2.45, 2.75) is 23.4 Å². The van der Waals surface area contributed by atoms with Crippen molar-refractivity contribution in [3.8, 4) is 11.5 Å². The maximum atomic E-state index is 14.4. The molecule has 2 rings (SSSR count). The van der Waals surface area contributed by atoms with E-state index in [0.29, 0.717) is 24.3 Å². The quantitative estimate of drug-likeness (QED) is 0.392. The lowest BCUT2D eigenvalue weighted by Gasteiger charge is -2.41. The second-order valence-electron chi connectivity index (χ2n) is 5.59. The predicted molar refractivity (Wildman–Crippen MR) is 81.9 cm³/mol. The van der Waals surface area contributed by atoms with Crippen molar-refractivity contribution >= 4 is 8.56 Å². The van der Waals surface area contributed by atoms with E-state index in [0.717, 1.165) is 24.3 Å². The molecule has 160 valence electrons. The Kier molecular flexibility index (Phi) is 5.85. The molecule has 0 aliphatic rings. The maximum Gasteiger partial charge on any atom is 0.627 e. The molecule has 0 spiro atoms. The van der Waals surface area contributed by atoms with Gasteiger partial charge in [0.1, 0.15) is 11.5 Å². The van der Waals surface area contributed by atoms with Gasteiger partial charge in [0.2, 0.25) is 0 Å². The van der Waals surface area contributed by atoms with E-state index in [1.54, 1.807) is 0 Å². The summed E-state index contributed by atoms with van der Waals surface area (Å²) in [5.74, 6) is -2.16. The lowest BCUT2D eigenvalue weighted by molar-refractivity contribution is -0.290. The number of halogens is 10. The van der Waals surface area contributed by atoms with Gasteiger partial charge in [-0.25, -0.2) is 0 Å². The number of hydrogen-bond donors (Lipinski definition) is 0. The normalized spacial score (nSPS) is 13.9. The Balaban J connectivity index is 2.83. The van der Waals surface area contributed by atoms with Gasteiger partial charge in [-0.1, -0.05) is 36.4 Å². The third-order valence-corrected chi connectivity index (χ3v) is 6.82. The first-order chi connectivity index (χ1) is 13.2. The minimum Gasteiger partial charge on any atom is -0.505 e. The van der Waals surface area contributed by atoms with Crippen molar-refractivity contribution in [2.24, 2.45) is 0 Å². The molecule has 0 radical (unpaired) electrons. The van der Waals surface area contributed by atoms with E-state index in [1.807, 2.05) is 0 Å². The Morgan fingerprint density at radius 3 is 1.00 bits per heavy atom. The van der Waals surface area contributed by atoms with Crippen LogP contribution in [0.4, 0.5) is 43.9 Å². The fourth-order valence-corrected chi connectivity index (χ4v) is 4.79. The van der Waals surface area contributed by atoms with Gasteiger partial charge in [-0.15, -0.1) is 0 Å². The Labute approximate surface area is 157 Å². The minimum atomic E-state index is -7.92. The number of alkyl halides is 10. The van der Waals surface area contributed by atoms with Crippen molar-refractivity contribution in [1.29, 1.82) is 0 Å². The summed E-state index contributed by atoms with van der Waals surface area (Å²) in [5, 5.41) is 0. The molecule has 0 unspecified atom stereocenters. The second kappa shape index (κ2) is 7.43. The molecule has 0 fully saturated rings. The molecule has 0 bridgehead atoms. The molecule has 0 amide bonds. The smallest absolute Gasteiger partial charge is 0.505 e. The van der Waals surface area contributed by atoms with Crippen molar-refractivity contribution in [1.82, 2.24) is 0 Å². The maximum absolute atomic E-state index is 14.4. The monoisotopic (exact) mass is 452 g/mol. The summed E-state index contributed by atoms with van der Waals surface area (Å²) in [6.45, 7) is 0. The largest absolute Gasteiger partial charge is 0.627 e. The van der Waals surface area contributed by atoms with Crippen LogP contribution in [0.5, 0.6) is 11.5 Å². The third-order valence-electron chi connectivity index (χ3n) is 3.55. The van der Waals surface area contributed by atoms with Gasteiger partial charge < -0.3 is 8.85 Å². The standard InChI is InChI=1S/C16H10F10O2Si/c17-13(18,19)15(23,24)29(16(25,26)14(20,21)22,27-11-7-3-1-4-8-11)28-12-9-5-2-6-10-12/h1-10H. The van der Waals surface area contributed by atoms with Crippen molar-refractivity contribution in [3.05, 3.63) is 60.7 Å². The van der Waals surface area contributed by atoms with E-state index in [2.05, 4.69) is 8.85 Å². The van der Waals surface area contributed by atoms with E-state index in [1.165, 1.54) is 12.1 Å². The molecule has 0 heterocycles. The number of hydrogen-bond acceptors (Lipinski definition) is 2. The zero-order chi connectivity index (χ0) is 22.1. The minimum absolute atomic E-state index is 0.648. The number of rotatable bonds is 6. The third kappa shape index (κ3) is 4.00. The number of benzene rings is 2. The summed E-state index contributed by atoms with van der Waals surface area (Å²) >= 11 is 0. The zero-order valence-electron chi connectivity index (χ0n) is 13.9. The van der Waals surface area contributed by atoms with Gasteiger partial charge in [-0.05, 0) is 24.3 Å². The van der Waals surface area contributed by atoms with Crippen molar-refractivity contribution in [2.75, 3.05) is 0 Å². The van der Waals surface area contributed by atoms with Crippen LogP contribution in [0.25, 0.3) is 0 Å². The molecule has 2 aromatic carbocycles. The predicted octanol–water partition coefficient (Wildman–Crippen LogP) is 6.06. The van der Waals surface area contributed by atoms with Gasteiger partial charge in [0.25, 0.3) is 0 Å². The highest BCUT2D eigenvalue weighted by Crippen LogP contribution is 2.54. The molecule has 0 aromatic heterocycles. The van der Waals surface area contributed by atoms with Gasteiger partial charge in [0.05, 0.1) is 0 Å². The van der Waals surface area contributed by atoms with Crippen LogP contribution >= 0.6 is 0 Å². The molecular formula is C16H10F10O2Si. The fourth-order valence-electron chi connectivity index (χ4n) is 2.16. The molecule has 0 atom stereocenters. The van der Waals surface area contributed by atoms with Crippen LogP contribution in [0.15, 0.2) is 60.7 Å². The van der Waals surface area contributed by atoms with E-state index < -0.39 is 43.5 Å². The Morgan fingerprint density at radius 2 is 0.759 bits per heavy atom. The molecule has 29 heavy (non-hydrogen) atoms. The second-order valence-corrected chi connectivity index (χ2v) is 8.49. The van der Waals surface area contributed by atoms with Crippen molar-refractivity contribution < 1.29 is 52.8 Å².